The first kappa shape index (κ1) is 15.0. The molecule has 2 rings (SSSR count). The molecule has 0 aromatic carbocycles. The lowest BCUT2D eigenvalue weighted by Crippen LogP contribution is -2.33. The average molecular weight is 280 g/mol. The van der Waals surface area contributed by atoms with Gasteiger partial charge in [-0.3, -0.25) is 0 Å². The second-order valence-corrected chi connectivity index (χ2v) is 7.07. The van der Waals surface area contributed by atoms with Gasteiger partial charge in [0.1, 0.15) is 0 Å². The Balaban J connectivity index is 1.95. The number of hydrogen-bond donors (Lipinski definition) is 1. The van der Waals surface area contributed by atoms with Gasteiger partial charge in [-0.2, -0.15) is 11.8 Å². The van der Waals surface area contributed by atoms with Gasteiger partial charge in [-0.05, 0) is 51.0 Å². The van der Waals surface area contributed by atoms with E-state index in [1.165, 1.54) is 42.0 Å². The van der Waals surface area contributed by atoms with Gasteiger partial charge >= 0.3 is 0 Å². The van der Waals surface area contributed by atoms with E-state index in [9.17, 15) is 0 Å². The molecule has 0 bridgehead atoms. The Morgan fingerprint density at radius 1 is 1.32 bits per heavy atom. The Bertz CT molecular complexity index is 411. The Hall–Kier alpha value is -0.410. The zero-order valence-electron chi connectivity index (χ0n) is 12.8. The normalized spacial score (nSPS) is 23.2. The number of aromatic nitrogens is 1. The van der Waals surface area contributed by atoms with Crippen LogP contribution in [0.1, 0.15) is 50.1 Å². The number of thioether (sulfide) groups is 1. The molecule has 1 heterocycles. The standard InChI is InChI=1S/C16H28N2S/c1-5-18-12(3)10-14(13(18)4)11-17-15-8-7-9-16(15)19-6-2/h10,15-17H,5-9,11H2,1-4H3. The van der Waals surface area contributed by atoms with Gasteiger partial charge in [0.15, 0.2) is 0 Å². The third kappa shape index (κ3) is 3.38. The van der Waals surface area contributed by atoms with Crippen molar-refractivity contribution in [2.45, 2.75) is 71.3 Å². The number of rotatable bonds is 6. The number of aryl methyl sites for hydroxylation is 1. The van der Waals surface area contributed by atoms with Gasteiger partial charge in [-0.25, -0.2) is 0 Å². The minimum absolute atomic E-state index is 0.717. The number of nitrogens with zero attached hydrogens (tertiary/aromatic N) is 1. The Labute approximate surface area is 122 Å². The quantitative estimate of drug-likeness (QED) is 0.851. The summed E-state index contributed by atoms with van der Waals surface area (Å²) in [5.41, 5.74) is 4.30. The van der Waals surface area contributed by atoms with E-state index < -0.39 is 0 Å². The van der Waals surface area contributed by atoms with Crippen molar-refractivity contribution in [1.82, 2.24) is 9.88 Å². The lowest BCUT2D eigenvalue weighted by molar-refractivity contribution is 0.530. The molecular formula is C16H28N2S. The molecule has 0 aliphatic heterocycles. The molecule has 1 aromatic rings. The molecule has 3 heteroatoms. The third-order valence-electron chi connectivity index (χ3n) is 4.38. The fraction of sp³-hybridized carbons (Fsp3) is 0.750. The van der Waals surface area contributed by atoms with Crippen LogP contribution in [0.25, 0.3) is 0 Å². The molecular weight excluding hydrogens is 252 g/mol. The van der Waals surface area contributed by atoms with Crippen molar-refractivity contribution in [2.75, 3.05) is 5.75 Å². The maximum absolute atomic E-state index is 3.80. The first-order chi connectivity index (χ1) is 9.17. The van der Waals surface area contributed by atoms with Crippen LogP contribution in [0.15, 0.2) is 6.07 Å². The lowest BCUT2D eigenvalue weighted by Gasteiger charge is -2.20. The summed E-state index contributed by atoms with van der Waals surface area (Å²) in [5, 5.41) is 4.64. The van der Waals surface area contributed by atoms with Crippen molar-refractivity contribution in [3.05, 3.63) is 23.0 Å². The van der Waals surface area contributed by atoms with Crippen molar-refractivity contribution in [3.8, 4) is 0 Å². The number of hydrogen-bond acceptors (Lipinski definition) is 2. The van der Waals surface area contributed by atoms with Crippen LogP contribution in [-0.4, -0.2) is 21.6 Å². The highest BCUT2D eigenvalue weighted by atomic mass is 32.2. The maximum atomic E-state index is 3.80. The minimum atomic E-state index is 0.717. The lowest BCUT2D eigenvalue weighted by atomic mass is 10.2. The molecule has 1 aromatic heterocycles. The van der Waals surface area contributed by atoms with Gasteiger partial charge in [0.05, 0.1) is 0 Å². The zero-order chi connectivity index (χ0) is 13.8. The summed E-state index contributed by atoms with van der Waals surface area (Å²) in [6, 6.07) is 3.07. The van der Waals surface area contributed by atoms with Gasteiger partial charge in [0.25, 0.3) is 0 Å². The summed E-state index contributed by atoms with van der Waals surface area (Å²) in [7, 11) is 0. The largest absolute Gasteiger partial charge is 0.349 e. The van der Waals surface area contributed by atoms with Crippen molar-refractivity contribution < 1.29 is 0 Å². The van der Waals surface area contributed by atoms with Crippen LogP contribution in [-0.2, 0) is 13.1 Å². The summed E-state index contributed by atoms with van der Waals surface area (Å²) in [6.07, 6.45) is 4.14. The van der Waals surface area contributed by atoms with E-state index in [-0.39, 0.29) is 0 Å². The van der Waals surface area contributed by atoms with Crippen LogP contribution in [0, 0.1) is 13.8 Å². The summed E-state index contributed by atoms with van der Waals surface area (Å²) < 4.78 is 2.41. The van der Waals surface area contributed by atoms with Crippen molar-refractivity contribution in [2.24, 2.45) is 0 Å². The van der Waals surface area contributed by atoms with Gasteiger partial charge in [-0.1, -0.05) is 13.3 Å². The van der Waals surface area contributed by atoms with Crippen molar-refractivity contribution in [1.29, 1.82) is 0 Å². The molecule has 108 valence electrons. The second-order valence-electron chi connectivity index (χ2n) is 5.55. The molecule has 1 fully saturated rings. The second kappa shape index (κ2) is 6.85. The maximum Gasteiger partial charge on any atom is 0.0226 e. The highest BCUT2D eigenvalue weighted by molar-refractivity contribution is 7.99. The van der Waals surface area contributed by atoms with Crippen LogP contribution < -0.4 is 5.32 Å². The van der Waals surface area contributed by atoms with Crippen LogP contribution in [0.5, 0.6) is 0 Å². The zero-order valence-corrected chi connectivity index (χ0v) is 13.6. The van der Waals surface area contributed by atoms with E-state index in [0.29, 0.717) is 0 Å². The van der Waals surface area contributed by atoms with Crippen molar-refractivity contribution in [3.63, 3.8) is 0 Å². The van der Waals surface area contributed by atoms with Gasteiger partial charge < -0.3 is 9.88 Å². The molecule has 0 amide bonds. The predicted molar refractivity (Wildman–Crippen MR) is 86.0 cm³/mol. The van der Waals surface area contributed by atoms with E-state index in [0.717, 1.165) is 24.4 Å². The fourth-order valence-corrected chi connectivity index (χ4v) is 4.58. The summed E-state index contributed by atoms with van der Waals surface area (Å²) in [5.74, 6) is 1.24. The first-order valence-corrected chi connectivity index (χ1v) is 8.72. The van der Waals surface area contributed by atoms with Gasteiger partial charge in [-0.15, -0.1) is 0 Å². The number of nitrogens with one attached hydrogen (secondary N) is 1. The third-order valence-corrected chi connectivity index (χ3v) is 5.71. The highest BCUT2D eigenvalue weighted by Crippen LogP contribution is 2.30. The van der Waals surface area contributed by atoms with E-state index in [4.69, 9.17) is 0 Å². The van der Waals surface area contributed by atoms with E-state index in [2.05, 4.69) is 55.4 Å². The molecule has 0 saturated heterocycles. The molecule has 1 aliphatic carbocycles. The van der Waals surface area contributed by atoms with E-state index >= 15 is 0 Å². The Morgan fingerprint density at radius 3 is 2.74 bits per heavy atom. The molecule has 2 nitrogen and oxygen atoms in total. The summed E-state index contributed by atoms with van der Waals surface area (Å²) >= 11 is 2.13. The van der Waals surface area contributed by atoms with Crippen LogP contribution in [0.2, 0.25) is 0 Å². The van der Waals surface area contributed by atoms with Crippen LogP contribution in [0.3, 0.4) is 0 Å². The monoisotopic (exact) mass is 280 g/mol. The molecule has 2 unspecified atom stereocenters. The Morgan fingerprint density at radius 2 is 2.11 bits per heavy atom. The van der Waals surface area contributed by atoms with Gasteiger partial charge in [0, 0.05) is 35.8 Å². The highest BCUT2D eigenvalue weighted by Gasteiger charge is 2.26. The summed E-state index contributed by atoms with van der Waals surface area (Å²) in [4.78, 5) is 0. The van der Waals surface area contributed by atoms with Gasteiger partial charge in [0.2, 0.25) is 0 Å². The fourth-order valence-electron chi connectivity index (χ4n) is 3.35. The van der Waals surface area contributed by atoms with Crippen LogP contribution in [0.4, 0.5) is 0 Å². The average Bonchev–Trinajstić information content (AvgIpc) is 2.93. The topological polar surface area (TPSA) is 17.0 Å². The molecule has 2 atom stereocenters. The van der Waals surface area contributed by atoms with E-state index in [1.807, 2.05) is 0 Å². The first-order valence-electron chi connectivity index (χ1n) is 7.67. The van der Waals surface area contributed by atoms with Crippen LogP contribution >= 0.6 is 11.8 Å². The summed E-state index contributed by atoms with van der Waals surface area (Å²) in [6.45, 7) is 11.1. The molecule has 0 spiro atoms. The molecule has 1 saturated carbocycles. The molecule has 1 N–H and O–H groups in total. The van der Waals surface area contributed by atoms with E-state index in [1.54, 1.807) is 0 Å². The molecule has 19 heavy (non-hydrogen) atoms. The predicted octanol–water partition coefficient (Wildman–Crippen LogP) is 3.89. The smallest absolute Gasteiger partial charge is 0.0226 e. The minimum Gasteiger partial charge on any atom is -0.349 e. The SMILES string of the molecule is CCSC1CCCC1NCc1cc(C)n(CC)c1C. The molecule has 0 radical (unpaired) electrons. The Kier molecular flexibility index (Phi) is 5.40. The molecule has 1 aliphatic rings. The van der Waals surface area contributed by atoms with Crippen molar-refractivity contribution >= 4 is 11.8 Å².